The zero-order valence-electron chi connectivity index (χ0n) is 17.0. The molecule has 1 aromatic carbocycles. The van der Waals surface area contributed by atoms with E-state index in [2.05, 4.69) is 107 Å². The van der Waals surface area contributed by atoms with Crippen molar-refractivity contribution in [2.45, 2.75) is 47.5 Å². The Hall–Kier alpha value is -0.900. The number of benzene rings is 1. The van der Waals surface area contributed by atoms with Gasteiger partial charge in [-0.1, -0.05) is 78.7 Å². The number of alkyl halides is 1. The molecule has 0 saturated heterocycles. The van der Waals surface area contributed by atoms with Crippen molar-refractivity contribution in [2.24, 2.45) is 0 Å². The molecule has 0 nitrogen and oxygen atoms in total. The standard InChI is InChI=1S/C22H24Br2S.C2H6/c1-4-20(21-15-16(2)8-9-17(21)3)18(7-5-6-14-23)10-11-19-12-13-22(24)25-19;1-2/h5-6,8-13,15H,4,7,14H2,1-3H3;1-2H3/b6-5-,11-10+,20-18-;. The van der Waals surface area contributed by atoms with Crippen LogP contribution in [-0.2, 0) is 0 Å². The van der Waals surface area contributed by atoms with E-state index in [0.29, 0.717) is 0 Å². The highest BCUT2D eigenvalue weighted by molar-refractivity contribution is 9.11. The Morgan fingerprint density at radius 2 is 1.81 bits per heavy atom. The molecular formula is C24H30Br2S. The van der Waals surface area contributed by atoms with Crippen LogP contribution in [0.15, 0.2) is 57.9 Å². The van der Waals surface area contributed by atoms with Crippen LogP contribution in [0.4, 0.5) is 0 Å². The Morgan fingerprint density at radius 1 is 1.07 bits per heavy atom. The molecule has 27 heavy (non-hydrogen) atoms. The lowest BCUT2D eigenvalue weighted by atomic mass is 9.91. The summed E-state index contributed by atoms with van der Waals surface area (Å²) in [7, 11) is 0. The van der Waals surface area contributed by atoms with Crippen LogP contribution < -0.4 is 0 Å². The molecule has 0 amide bonds. The minimum absolute atomic E-state index is 0.896. The molecule has 0 radical (unpaired) electrons. The second-order valence-electron chi connectivity index (χ2n) is 5.98. The Kier molecular flexibility index (Phi) is 11.9. The lowest BCUT2D eigenvalue weighted by Gasteiger charge is -2.14. The molecular weight excluding hydrogens is 480 g/mol. The van der Waals surface area contributed by atoms with E-state index >= 15 is 0 Å². The second-order valence-corrected chi connectivity index (χ2v) is 9.12. The summed E-state index contributed by atoms with van der Waals surface area (Å²) >= 11 is 8.78. The van der Waals surface area contributed by atoms with Crippen molar-refractivity contribution in [1.29, 1.82) is 0 Å². The fraction of sp³-hybridized carbons (Fsp3) is 0.333. The number of allylic oxidation sites excluding steroid dienone is 5. The molecule has 2 aromatic rings. The molecule has 0 fully saturated rings. The molecule has 0 N–H and O–H groups in total. The topological polar surface area (TPSA) is 0 Å². The van der Waals surface area contributed by atoms with Crippen LogP contribution in [0.1, 0.15) is 55.2 Å². The van der Waals surface area contributed by atoms with Gasteiger partial charge in [-0.2, -0.15) is 0 Å². The van der Waals surface area contributed by atoms with Gasteiger partial charge >= 0.3 is 0 Å². The summed E-state index contributed by atoms with van der Waals surface area (Å²) in [5.41, 5.74) is 6.86. The third kappa shape index (κ3) is 7.93. The summed E-state index contributed by atoms with van der Waals surface area (Å²) in [6.45, 7) is 10.6. The first-order valence-electron chi connectivity index (χ1n) is 9.49. The van der Waals surface area contributed by atoms with Crippen LogP contribution in [0.5, 0.6) is 0 Å². The Bertz CT molecular complexity index is 794. The predicted molar refractivity (Wildman–Crippen MR) is 133 cm³/mol. The van der Waals surface area contributed by atoms with E-state index in [-0.39, 0.29) is 0 Å². The number of hydrogen-bond acceptors (Lipinski definition) is 1. The molecule has 0 aliphatic heterocycles. The lowest BCUT2D eigenvalue weighted by Crippen LogP contribution is -1.94. The summed E-state index contributed by atoms with van der Waals surface area (Å²) in [5, 5.41) is 0.896. The number of halogens is 2. The Labute approximate surface area is 186 Å². The van der Waals surface area contributed by atoms with Crippen molar-refractivity contribution >= 4 is 54.8 Å². The van der Waals surface area contributed by atoms with Crippen molar-refractivity contribution in [3.05, 3.63) is 79.5 Å². The summed E-state index contributed by atoms with van der Waals surface area (Å²) < 4.78 is 1.17. The lowest BCUT2D eigenvalue weighted by molar-refractivity contribution is 1.16. The molecule has 0 spiro atoms. The van der Waals surface area contributed by atoms with Crippen molar-refractivity contribution in [1.82, 2.24) is 0 Å². The van der Waals surface area contributed by atoms with E-state index < -0.39 is 0 Å². The van der Waals surface area contributed by atoms with E-state index in [1.54, 1.807) is 11.3 Å². The van der Waals surface area contributed by atoms with E-state index in [0.717, 1.165) is 18.2 Å². The summed E-state index contributed by atoms with van der Waals surface area (Å²) in [4.78, 5) is 1.27. The zero-order chi connectivity index (χ0) is 20.2. The quantitative estimate of drug-likeness (QED) is 0.198. The first-order valence-corrected chi connectivity index (χ1v) is 12.2. The van der Waals surface area contributed by atoms with Gasteiger partial charge in [0, 0.05) is 10.2 Å². The monoisotopic (exact) mass is 508 g/mol. The minimum Gasteiger partial charge on any atom is -0.129 e. The van der Waals surface area contributed by atoms with Gasteiger partial charge in [0.25, 0.3) is 0 Å². The third-order valence-corrected chi connectivity index (χ3v) is 6.06. The van der Waals surface area contributed by atoms with Crippen molar-refractivity contribution < 1.29 is 0 Å². The molecule has 1 heterocycles. The first-order chi connectivity index (χ1) is 13.0. The molecule has 0 unspecified atom stereocenters. The number of aryl methyl sites for hydroxylation is 2. The molecule has 1 aromatic heterocycles. The molecule has 0 saturated carbocycles. The van der Waals surface area contributed by atoms with E-state index in [1.165, 1.54) is 36.5 Å². The van der Waals surface area contributed by atoms with Crippen LogP contribution >= 0.6 is 43.2 Å². The van der Waals surface area contributed by atoms with Gasteiger partial charge in [-0.3, -0.25) is 0 Å². The third-order valence-electron chi connectivity index (χ3n) is 4.10. The van der Waals surface area contributed by atoms with E-state index in [1.807, 2.05) is 13.8 Å². The largest absolute Gasteiger partial charge is 0.129 e. The second kappa shape index (κ2) is 13.3. The van der Waals surface area contributed by atoms with Gasteiger partial charge in [-0.15, -0.1) is 11.3 Å². The maximum Gasteiger partial charge on any atom is 0.0704 e. The first kappa shape index (κ1) is 24.1. The fourth-order valence-electron chi connectivity index (χ4n) is 2.82. The average molecular weight is 510 g/mol. The maximum absolute atomic E-state index is 3.54. The van der Waals surface area contributed by atoms with Crippen LogP contribution in [0.2, 0.25) is 0 Å². The number of thiophene rings is 1. The summed E-state index contributed by atoms with van der Waals surface area (Å²) in [6, 6.07) is 11.0. The molecule has 3 heteroatoms. The smallest absolute Gasteiger partial charge is 0.0704 e. The van der Waals surface area contributed by atoms with Gasteiger partial charge in [-0.25, -0.2) is 0 Å². The summed E-state index contributed by atoms with van der Waals surface area (Å²) in [5.74, 6) is 0. The molecule has 0 aliphatic carbocycles. The van der Waals surface area contributed by atoms with Gasteiger partial charge in [0.2, 0.25) is 0 Å². The normalized spacial score (nSPS) is 12.3. The van der Waals surface area contributed by atoms with Crippen LogP contribution in [0.3, 0.4) is 0 Å². The fourth-order valence-corrected chi connectivity index (χ4v) is 4.41. The van der Waals surface area contributed by atoms with Crippen molar-refractivity contribution in [3.8, 4) is 0 Å². The highest BCUT2D eigenvalue weighted by Crippen LogP contribution is 2.30. The van der Waals surface area contributed by atoms with Crippen molar-refractivity contribution in [3.63, 3.8) is 0 Å². The highest BCUT2D eigenvalue weighted by Gasteiger charge is 2.08. The van der Waals surface area contributed by atoms with Gasteiger partial charge < -0.3 is 0 Å². The van der Waals surface area contributed by atoms with Gasteiger partial charge in [0.1, 0.15) is 0 Å². The van der Waals surface area contributed by atoms with Crippen LogP contribution in [0, 0.1) is 13.8 Å². The molecule has 146 valence electrons. The zero-order valence-corrected chi connectivity index (χ0v) is 21.0. The molecule has 2 rings (SSSR count). The van der Waals surface area contributed by atoms with E-state index in [9.17, 15) is 0 Å². The van der Waals surface area contributed by atoms with Crippen LogP contribution in [0.25, 0.3) is 11.6 Å². The maximum atomic E-state index is 3.54. The average Bonchev–Trinajstić information content (AvgIpc) is 3.09. The molecule has 0 atom stereocenters. The number of rotatable bonds is 7. The van der Waals surface area contributed by atoms with Crippen LogP contribution in [-0.4, -0.2) is 5.33 Å². The summed E-state index contributed by atoms with van der Waals surface area (Å²) in [6.07, 6.45) is 10.9. The Morgan fingerprint density at radius 3 is 2.41 bits per heavy atom. The highest BCUT2D eigenvalue weighted by atomic mass is 79.9. The Balaban J connectivity index is 0.00000176. The molecule has 0 bridgehead atoms. The van der Waals surface area contributed by atoms with Gasteiger partial charge in [0.05, 0.1) is 3.79 Å². The predicted octanol–water partition coefficient (Wildman–Crippen LogP) is 9.37. The van der Waals surface area contributed by atoms with Gasteiger partial charge in [-0.05, 0) is 83.1 Å². The van der Waals surface area contributed by atoms with Crippen molar-refractivity contribution in [2.75, 3.05) is 5.33 Å². The number of hydrogen-bond donors (Lipinski definition) is 0. The molecule has 0 aliphatic rings. The SMILES string of the molecule is CC.CC/C(=C(/C=C/c1ccc(Br)s1)C/C=C\CBr)c1cc(C)ccc1C. The minimum atomic E-state index is 0.896. The van der Waals surface area contributed by atoms with E-state index in [4.69, 9.17) is 0 Å². The van der Waals surface area contributed by atoms with Gasteiger partial charge in [0.15, 0.2) is 0 Å².